The minimum Gasteiger partial charge on any atom is -0.417 e. The number of carbonyl (C=O) groups is 1. The van der Waals surface area contributed by atoms with Gasteiger partial charge in [-0.25, -0.2) is 0 Å². The summed E-state index contributed by atoms with van der Waals surface area (Å²) in [6.45, 7) is 1.35. The molecule has 102 valence electrons. The van der Waals surface area contributed by atoms with Gasteiger partial charge in [0.2, 0.25) is 5.91 Å². The molecule has 2 rings (SSSR count). The van der Waals surface area contributed by atoms with Crippen LogP contribution in [0.3, 0.4) is 0 Å². The predicted molar refractivity (Wildman–Crippen MR) is 72.8 cm³/mol. The lowest BCUT2D eigenvalue weighted by atomic mass is 10.1. The number of benzene rings is 1. The van der Waals surface area contributed by atoms with Crippen LogP contribution in [-0.4, -0.2) is 35.5 Å². The fourth-order valence-corrected chi connectivity index (χ4v) is 2.25. The van der Waals surface area contributed by atoms with E-state index >= 15 is 0 Å². The number of aliphatic hydroxyl groups excluding tert-OH is 1. The van der Waals surface area contributed by atoms with Crippen LogP contribution in [0, 0.1) is 0 Å². The molecule has 0 saturated carbocycles. The molecule has 0 bridgehead atoms. The zero-order valence-corrected chi connectivity index (χ0v) is 11.1. The first-order valence-electron chi connectivity index (χ1n) is 6.17. The lowest BCUT2D eigenvalue weighted by Gasteiger charge is -2.14. The highest BCUT2D eigenvalue weighted by molar-refractivity contribution is 5.83. The fraction of sp³-hybridized carbons (Fsp3) is 0.357. The molecule has 2 aromatic rings. The number of carbonyl (C=O) groups excluding carboxylic acids is 1. The average molecular weight is 262 g/mol. The van der Waals surface area contributed by atoms with Crippen molar-refractivity contribution < 1.29 is 14.7 Å². The molecule has 19 heavy (non-hydrogen) atoms. The molecule has 5 heteroatoms. The van der Waals surface area contributed by atoms with Crippen molar-refractivity contribution in [2.45, 2.75) is 19.4 Å². The van der Waals surface area contributed by atoms with E-state index in [1.807, 2.05) is 30.5 Å². The van der Waals surface area contributed by atoms with Gasteiger partial charge in [0.05, 0.1) is 18.2 Å². The number of para-hydroxylation sites is 1. The van der Waals surface area contributed by atoms with Crippen LogP contribution in [0.25, 0.3) is 10.9 Å². The van der Waals surface area contributed by atoms with Crippen molar-refractivity contribution in [1.82, 2.24) is 10.0 Å². The maximum atomic E-state index is 11.1. The van der Waals surface area contributed by atoms with Gasteiger partial charge in [0.25, 0.3) is 0 Å². The summed E-state index contributed by atoms with van der Waals surface area (Å²) in [6.07, 6.45) is 2.45. The Kier molecular flexibility index (Phi) is 4.06. The van der Waals surface area contributed by atoms with E-state index in [2.05, 4.69) is 5.32 Å². The van der Waals surface area contributed by atoms with E-state index in [1.54, 1.807) is 11.8 Å². The number of hydrogen-bond acceptors (Lipinski definition) is 3. The highest BCUT2D eigenvalue weighted by atomic mass is 16.6. The quantitative estimate of drug-likeness (QED) is 0.835. The molecule has 1 aromatic carbocycles. The Hall–Kier alpha value is -2.01. The normalized spacial score (nSPS) is 12.4. The van der Waals surface area contributed by atoms with Crippen LogP contribution in [0.2, 0.25) is 0 Å². The van der Waals surface area contributed by atoms with Gasteiger partial charge in [-0.3, -0.25) is 4.79 Å². The van der Waals surface area contributed by atoms with E-state index in [1.165, 1.54) is 6.92 Å². The van der Waals surface area contributed by atoms with Crippen LogP contribution >= 0.6 is 0 Å². The smallest absolute Gasteiger partial charge is 0.217 e. The number of aliphatic hydroxyl groups is 1. The third-order valence-corrected chi connectivity index (χ3v) is 3.05. The van der Waals surface area contributed by atoms with Crippen molar-refractivity contribution in [2.75, 3.05) is 13.7 Å². The Labute approximate surface area is 111 Å². The molecule has 0 radical (unpaired) electrons. The molecule has 1 heterocycles. The number of amides is 1. The molecule has 1 atom stereocenters. The van der Waals surface area contributed by atoms with Crippen molar-refractivity contribution >= 4 is 16.8 Å². The van der Waals surface area contributed by atoms with E-state index < -0.39 is 0 Å². The van der Waals surface area contributed by atoms with Crippen LogP contribution in [0.4, 0.5) is 0 Å². The Bertz CT molecular complexity index is 577. The Morgan fingerprint density at radius 2 is 2.21 bits per heavy atom. The van der Waals surface area contributed by atoms with Gasteiger partial charge in [0.1, 0.15) is 7.11 Å². The second-order valence-electron chi connectivity index (χ2n) is 4.46. The number of rotatable bonds is 5. The van der Waals surface area contributed by atoms with Crippen LogP contribution in [0.15, 0.2) is 30.5 Å². The molecule has 0 aliphatic heterocycles. The topological polar surface area (TPSA) is 63.5 Å². The van der Waals surface area contributed by atoms with E-state index in [-0.39, 0.29) is 18.6 Å². The standard InChI is InChI=1S/C14H18N2O3/c1-10(18)15-12(9-17)7-11-8-16(19-2)14-6-4-3-5-13(11)14/h3-6,8,12,17H,7,9H2,1-2H3,(H,15,18)/t12-/m0/s1. The first kappa shape index (κ1) is 13.4. The van der Waals surface area contributed by atoms with Crippen molar-refractivity contribution in [3.63, 3.8) is 0 Å². The summed E-state index contributed by atoms with van der Waals surface area (Å²) < 4.78 is 1.69. The van der Waals surface area contributed by atoms with Crippen molar-refractivity contribution in [2.24, 2.45) is 0 Å². The molecule has 5 nitrogen and oxygen atoms in total. The van der Waals surface area contributed by atoms with E-state index in [9.17, 15) is 9.90 Å². The van der Waals surface area contributed by atoms with E-state index in [0.717, 1.165) is 16.5 Å². The van der Waals surface area contributed by atoms with Gasteiger partial charge in [-0.05, 0) is 18.1 Å². The van der Waals surface area contributed by atoms with Gasteiger partial charge in [-0.15, -0.1) is 0 Å². The highest BCUT2D eigenvalue weighted by Gasteiger charge is 2.14. The fourth-order valence-electron chi connectivity index (χ4n) is 2.25. The lowest BCUT2D eigenvalue weighted by molar-refractivity contribution is -0.119. The Morgan fingerprint density at radius 1 is 1.47 bits per heavy atom. The number of hydrogen-bond donors (Lipinski definition) is 2. The summed E-state index contributed by atoms with van der Waals surface area (Å²) in [5, 5.41) is 13.1. The largest absolute Gasteiger partial charge is 0.417 e. The Morgan fingerprint density at radius 3 is 2.84 bits per heavy atom. The zero-order chi connectivity index (χ0) is 13.8. The molecule has 1 amide bonds. The third kappa shape index (κ3) is 2.88. The van der Waals surface area contributed by atoms with Crippen molar-refractivity contribution in [3.05, 3.63) is 36.0 Å². The summed E-state index contributed by atoms with van der Waals surface area (Å²) in [5.41, 5.74) is 2.00. The molecule has 1 aromatic heterocycles. The molecule has 0 spiro atoms. The molecular weight excluding hydrogens is 244 g/mol. The molecule has 0 fully saturated rings. The molecule has 0 saturated heterocycles. The summed E-state index contributed by atoms with van der Waals surface area (Å²) in [7, 11) is 1.60. The summed E-state index contributed by atoms with van der Waals surface area (Å²) in [6, 6.07) is 7.59. The number of nitrogens with one attached hydrogen (secondary N) is 1. The second-order valence-corrected chi connectivity index (χ2v) is 4.46. The highest BCUT2D eigenvalue weighted by Crippen LogP contribution is 2.21. The summed E-state index contributed by atoms with van der Waals surface area (Å²) in [5.74, 6) is -0.144. The summed E-state index contributed by atoms with van der Waals surface area (Å²) >= 11 is 0. The van der Waals surface area contributed by atoms with E-state index in [0.29, 0.717) is 6.42 Å². The van der Waals surface area contributed by atoms with Crippen LogP contribution in [0.5, 0.6) is 0 Å². The van der Waals surface area contributed by atoms with Crippen LogP contribution in [0.1, 0.15) is 12.5 Å². The molecule has 0 aliphatic rings. The van der Waals surface area contributed by atoms with E-state index in [4.69, 9.17) is 4.84 Å². The minimum absolute atomic E-state index is 0.0912. The van der Waals surface area contributed by atoms with Crippen molar-refractivity contribution in [3.8, 4) is 0 Å². The van der Waals surface area contributed by atoms with Crippen LogP contribution < -0.4 is 10.2 Å². The van der Waals surface area contributed by atoms with Gasteiger partial charge in [-0.1, -0.05) is 18.2 Å². The molecule has 0 aliphatic carbocycles. The minimum atomic E-state index is -0.284. The summed E-state index contributed by atoms with van der Waals surface area (Å²) in [4.78, 5) is 16.3. The average Bonchev–Trinajstić information content (AvgIpc) is 2.76. The number of aromatic nitrogens is 1. The maximum absolute atomic E-state index is 11.1. The van der Waals surface area contributed by atoms with Gasteiger partial charge >= 0.3 is 0 Å². The first-order chi connectivity index (χ1) is 9.15. The lowest BCUT2D eigenvalue weighted by Crippen LogP contribution is -2.37. The zero-order valence-electron chi connectivity index (χ0n) is 11.1. The first-order valence-corrected chi connectivity index (χ1v) is 6.17. The van der Waals surface area contributed by atoms with Crippen LogP contribution in [-0.2, 0) is 11.2 Å². The second kappa shape index (κ2) is 5.75. The maximum Gasteiger partial charge on any atom is 0.217 e. The van der Waals surface area contributed by atoms with Gasteiger partial charge < -0.3 is 15.3 Å². The molecule has 2 N–H and O–H groups in total. The monoisotopic (exact) mass is 262 g/mol. The SMILES string of the molecule is COn1cc(C[C@@H](CO)NC(C)=O)c2ccccc21. The number of nitrogens with zero attached hydrogens (tertiary/aromatic N) is 1. The predicted octanol–water partition coefficient (Wildman–Crippen LogP) is 0.739. The Balaban J connectivity index is 2.31. The third-order valence-electron chi connectivity index (χ3n) is 3.05. The van der Waals surface area contributed by atoms with Gasteiger partial charge in [-0.2, -0.15) is 4.73 Å². The van der Waals surface area contributed by atoms with Crippen molar-refractivity contribution in [1.29, 1.82) is 0 Å². The van der Waals surface area contributed by atoms with Gasteiger partial charge in [0, 0.05) is 18.5 Å². The van der Waals surface area contributed by atoms with Gasteiger partial charge in [0.15, 0.2) is 0 Å². The molecule has 0 unspecified atom stereocenters. The molecular formula is C14H18N2O3. The number of fused-ring (bicyclic) bond motifs is 1.